The molecular weight excluding hydrogens is 208 g/mol. The van der Waals surface area contributed by atoms with Crippen molar-refractivity contribution < 1.29 is 4.79 Å². The van der Waals surface area contributed by atoms with Crippen LogP contribution in [0.1, 0.15) is 53.4 Å². The summed E-state index contributed by atoms with van der Waals surface area (Å²) in [7, 11) is 0. The molecule has 1 aliphatic carbocycles. The number of rotatable bonds is 4. The molecule has 0 aromatic rings. The lowest BCUT2D eigenvalue weighted by Gasteiger charge is -2.32. The van der Waals surface area contributed by atoms with Crippen LogP contribution in [-0.4, -0.2) is 5.78 Å². The zero-order valence-corrected chi connectivity index (χ0v) is 11.5. The van der Waals surface area contributed by atoms with E-state index in [0.29, 0.717) is 0 Å². The lowest BCUT2D eigenvalue weighted by Crippen LogP contribution is -2.19. The summed E-state index contributed by atoms with van der Waals surface area (Å²) in [5.74, 6) is 0.0912. The van der Waals surface area contributed by atoms with Crippen molar-refractivity contribution in [1.82, 2.24) is 0 Å². The minimum Gasteiger partial charge on any atom is -0.290 e. The molecule has 0 atom stereocenters. The largest absolute Gasteiger partial charge is 0.290 e. The van der Waals surface area contributed by atoms with Crippen LogP contribution in [0.2, 0.25) is 0 Å². The van der Waals surface area contributed by atoms with Crippen LogP contribution in [-0.2, 0) is 4.79 Å². The van der Waals surface area contributed by atoms with Crippen LogP contribution in [0.3, 0.4) is 0 Å². The highest BCUT2D eigenvalue weighted by Crippen LogP contribution is 2.40. The second kappa shape index (κ2) is 6.00. The van der Waals surface area contributed by atoms with Gasteiger partial charge >= 0.3 is 0 Å². The molecule has 0 aliphatic heterocycles. The van der Waals surface area contributed by atoms with Crippen molar-refractivity contribution in [1.29, 1.82) is 0 Å². The molecule has 0 aromatic carbocycles. The van der Waals surface area contributed by atoms with Crippen LogP contribution in [0.15, 0.2) is 35.5 Å². The summed E-state index contributed by atoms with van der Waals surface area (Å²) in [6, 6.07) is 0. The van der Waals surface area contributed by atoms with Gasteiger partial charge in [-0.2, -0.15) is 0 Å². The highest BCUT2D eigenvalue weighted by Gasteiger charge is 2.26. The van der Waals surface area contributed by atoms with Gasteiger partial charge in [-0.15, -0.1) is 0 Å². The second-order valence-corrected chi connectivity index (χ2v) is 5.48. The lowest BCUT2D eigenvalue weighted by atomic mass is 9.72. The predicted octanol–water partition coefficient (Wildman–Crippen LogP) is 4.60. The molecule has 1 heteroatoms. The SMILES string of the molecule is CCC=CC(=O)C=CC1=C(C)CCCC1(C)C. The van der Waals surface area contributed by atoms with Gasteiger partial charge in [-0.1, -0.05) is 38.5 Å². The summed E-state index contributed by atoms with van der Waals surface area (Å²) in [4.78, 5) is 11.6. The quantitative estimate of drug-likeness (QED) is 0.647. The Bertz CT molecular complexity index is 367. The first-order valence-electron chi connectivity index (χ1n) is 6.56. The Morgan fingerprint density at radius 3 is 2.65 bits per heavy atom. The Morgan fingerprint density at radius 2 is 2.06 bits per heavy atom. The lowest BCUT2D eigenvalue weighted by molar-refractivity contribution is -0.110. The zero-order chi connectivity index (χ0) is 12.9. The number of carbonyl (C=O) groups excluding carboxylic acids is 1. The molecule has 0 saturated heterocycles. The first-order chi connectivity index (χ1) is 7.97. The van der Waals surface area contributed by atoms with E-state index < -0.39 is 0 Å². The molecule has 0 amide bonds. The van der Waals surface area contributed by atoms with E-state index >= 15 is 0 Å². The minimum atomic E-state index is 0.0912. The molecule has 17 heavy (non-hydrogen) atoms. The van der Waals surface area contributed by atoms with Crippen molar-refractivity contribution in [3.8, 4) is 0 Å². The summed E-state index contributed by atoms with van der Waals surface area (Å²) in [5, 5.41) is 0. The third-order valence-electron chi connectivity index (χ3n) is 3.47. The summed E-state index contributed by atoms with van der Waals surface area (Å²) < 4.78 is 0. The molecular formula is C16H24O. The first-order valence-corrected chi connectivity index (χ1v) is 6.56. The predicted molar refractivity (Wildman–Crippen MR) is 73.9 cm³/mol. The summed E-state index contributed by atoms with van der Waals surface area (Å²) in [6.07, 6.45) is 11.8. The fourth-order valence-corrected chi connectivity index (χ4v) is 2.47. The minimum absolute atomic E-state index is 0.0912. The Morgan fingerprint density at radius 1 is 1.35 bits per heavy atom. The average molecular weight is 232 g/mol. The van der Waals surface area contributed by atoms with Gasteiger partial charge in [0.25, 0.3) is 0 Å². The summed E-state index contributed by atoms with van der Waals surface area (Å²) in [6.45, 7) is 8.75. The topological polar surface area (TPSA) is 17.1 Å². The monoisotopic (exact) mass is 232 g/mol. The van der Waals surface area contributed by atoms with E-state index in [9.17, 15) is 4.79 Å². The maximum atomic E-state index is 11.6. The molecule has 0 radical (unpaired) electrons. The van der Waals surface area contributed by atoms with Gasteiger partial charge in [0.2, 0.25) is 0 Å². The van der Waals surface area contributed by atoms with E-state index in [4.69, 9.17) is 0 Å². The molecule has 94 valence electrons. The third kappa shape index (κ3) is 3.99. The third-order valence-corrected chi connectivity index (χ3v) is 3.47. The van der Waals surface area contributed by atoms with E-state index in [1.54, 1.807) is 12.2 Å². The van der Waals surface area contributed by atoms with Gasteiger partial charge in [0.15, 0.2) is 5.78 Å². The molecule has 0 fully saturated rings. The molecule has 0 spiro atoms. The van der Waals surface area contributed by atoms with Crippen molar-refractivity contribution in [2.75, 3.05) is 0 Å². The van der Waals surface area contributed by atoms with Crippen LogP contribution < -0.4 is 0 Å². The van der Waals surface area contributed by atoms with Crippen LogP contribution in [0.4, 0.5) is 0 Å². The normalized spacial score (nSPS) is 20.5. The second-order valence-electron chi connectivity index (χ2n) is 5.48. The molecule has 0 aromatic heterocycles. The van der Waals surface area contributed by atoms with Crippen LogP contribution >= 0.6 is 0 Å². The van der Waals surface area contributed by atoms with Crippen molar-refractivity contribution in [2.24, 2.45) is 5.41 Å². The molecule has 1 nitrogen and oxygen atoms in total. The smallest absolute Gasteiger partial charge is 0.178 e. The molecule has 1 aliphatic rings. The molecule has 1 rings (SSSR count). The number of hydrogen-bond donors (Lipinski definition) is 0. The fraction of sp³-hybridized carbons (Fsp3) is 0.562. The van der Waals surface area contributed by atoms with Gasteiger partial charge in [-0.25, -0.2) is 0 Å². The van der Waals surface area contributed by atoms with Crippen LogP contribution in [0.5, 0.6) is 0 Å². The number of carbonyl (C=O) groups is 1. The number of allylic oxidation sites excluding steroid dienone is 6. The Labute approximate surface area is 105 Å². The molecule has 0 N–H and O–H groups in total. The van der Waals surface area contributed by atoms with E-state index in [-0.39, 0.29) is 11.2 Å². The Balaban J connectivity index is 2.82. The highest BCUT2D eigenvalue weighted by atomic mass is 16.1. The summed E-state index contributed by atoms with van der Waals surface area (Å²) in [5.41, 5.74) is 3.00. The Kier molecular flexibility index (Phi) is 4.92. The van der Waals surface area contributed by atoms with Gasteiger partial charge < -0.3 is 0 Å². The van der Waals surface area contributed by atoms with E-state index in [1.165, 1.54) is 30.4 Å². The van der Waals surface area contributed by atoms with E-state index in [2.05, 4.69) is 20.8 Å². The van der Waals surface area contributed by atoms with Crippen molar-refractivity contribution in [2.45, 2.75) is 53.4 Å². The van der Waals surface area contributed by atoms with E-state index in [1.807, 2.05) is 19.1 Å². The molecule has 0 bridgehead atoms. The van der Waals surface area contributed by atoms with Crippen LogP contribution in [0, 0.1) is 5.41 Å². The zero-order valence-electron chi connectivity index (χ0n) is 11.5. The van der Waals surface area contributed by atoms with Gasteiger partial charge in [0.05, 0.1) is 0 Å². The summed E-state index contributed by atoms with van der Waals surface area (Å²) >= 11 is 0. The average Bonchev–Trinajstić information content (AvgIpc) is 2.24. The maximum Gasteiger partial charge on any atom is 0.178 e. The van der Waals surface area contributed by atoms with Gasteiger partial charge in [-0.3, -0.25) is 4.79 Å². The first kappa shape index (κ1) is 14.0. The van der Waals surface area contributed by atoms with Gasteiger partial charge in [-0.05, 0) is 55.7 Å². The number of ketones is 1. The van der Waals surface area contributed by atoms with Gasteiger partial charge in [0, 0.05) is 0 Å². The van der Waals surface area contributed by atoms with Gasteiger partial charge in [0.1, 0.15) is 0 Å². The van der Waals surface area contributed by atoms with Crippen LogP contribution in [0.25, 0.3) is 0 Å². The van der Waals surface area contributed by atoms with Crippen molar-refractivity contribution in [3.05, 3.63) is 35.5 Å². The molecule has 0 saturated carbocycles. The van der Waals surface area contributed by atoms with E-state index in [0.717, 1.165) is 6.42 Å². The van der Waals surface area contributed by atoms with Crippen molar-refractivity contribution >= 4 is 5.78 Å². The number of hydrogen-bond acceptors (Lipinski definition) is 1. The fourth-order valence-electron chi connectivity index (χ4n) is 2.47. The highest BCUT2D eigenvalue weighted by molar-refractivity contribution is 5.99. The molecule has 0 heterocycles. The Hall–Kier alpha value is -1.11. The van der Waals surface area contributed by atoms with Crippen molar-refractivity contribution in [3.63, 3.8) is 0 Å². The standard InChI is InChI=1S/C16H24O/c1-5-6-9-14(17)10-11-15-13(2)8-7-12-16(15,3)4/h6,9-11H,5,7-8,12H2,1-4H3. The molecule has 0 unspecified atom stereocenters. The maximum absolute atomic E-state index is 11.6.